The molecule has 0 unspecified atom stereocenters. The van der Waals surface area contributed by atoms with Crippen molar-refractivity contribution in [3.8, 4) is 0 Å². The first kappa shape index (κ1) is 48.2. The highest BCUT2D eigenvalue weighted by molar-refractivity contribution is 5.97. The first-order valence-corrected chi connectivity index (χ1v) is 21.8. The number of amides is 6. The molecule has 1 heterocycles. The molecule has 0 aliphatic rings. The maximum atomic E-state index is 14.7. The molecule has 0 aliphatic carbocycles. The third kappa shape index (κ3) is 14.4. The zero-order valence-corrected chi connectivity index (χ0v) is 36.4. The van der Waals surface area contributed by atoms with Crippen LogP contribution in [0.5, 0.6) is 0 Å². The maximum absolute atomic E-state index is 14.7. The molecule has 6 amide bonds. The van der Waals surface area contributed by atoms with Crippen LogP contribution in [0, 0.1) is 5.92 Å². The van der Waals surface area contributed by atoms with Crippen molar-refractivity contribution in [1.82, 2.24) is 31.6 Å². The van der Waals surface area contributed by atoms with Crippen LogP contribution in [0.3, 0.4) is 0 Å². The lowest BCUT2D eigenvalue weighted by atomic mass is 9.99. The van der Waals surface area contributed by atoms with E-state index in [1.54, 1.807) is 32.2 Å². The van der Waals surface area contributed by atoms with E-state index in [2.05, 4.69) is 31.6 Å². The van der Waals surface area contributed by atoms with E-state index < -0.39 is 71.7 Å². The summed E-state index contributed by atoms with van der Waals surface area (Å²) >= 11 is 0. The Morgan fingerprint density at radius 1 is 0.531 bits per heavy atom. The Morgan fingerprint density at radius 3 is 1.47 bits per heavy atom. The molecular formula is C49H61N9O6. The van der Waals surface area contributed by atoms with Gasteiger partial charge in [-0.25, -0.2) is 0 Å². The van der Waals surface area contributed by atoms with Crippen LogP contribution in [0.25, 0.3) is 10.9 Å². The molecule has 15 heteroatoms. The molecule has 5 rings (SSSR count). The molecule has 5 aromatic rings. The Morgan fingerprint density at radius 2 is 0.969 bits per heavy atom. The molecule has 12 N–H and O–H groups in total. The molecular weight excluding hydrogens is 811 g/mol. The van der Waals surface area contributed by atoms with Crippen LogP contribution in [0.1, 0.15) is 55.4 Å². The van der Waals surface area contributed by atoms with E-state index in [1.807, 2.05) is 103 Å². The lowest BCUT2D eigenvalue weighted by molar-refractivity contribution is -0.135. The first-order chi connectivity index (χ1) is 30.8. The quantitative estimate of drug-likeness (QED) is 0.0416. The zero-order valence-electron chi connectivity index (χ0n) is 36.4. The number of benzene rings is 4. The number of carbonyl (C=O) groups is 6. The van der Waals surface area contributed by atoms with Crippen LogP contribution in [0.4, 0.5) is 0 Å². The van der Waals surface area contributed by atoms with E-state index >= 15 is 0 Å². The Bertz CT molecular complexity index is 2300. The summed E-state index contributed by atoms with van der Waals surface area (Å²) in [6.07, 6.45) is 3.40. The second-order valence-corrected chi connectivity index (χ2v) is 16.4. The third-order valence-corrected chi connectivity index (χ3v) is 11.0. The van der Waals surface area contributed by atoms with E-state index in [-0.39, 0.29) is 38.0 Å². The van der Waals surface area contributed by atoms with Crippen LogP contribution in [-0.4, -0.2) is 83.2 Å². The van der Waals surface area contributed by atoms with Gasteiger partial charge in [-0.05, 0) is 66.5 Å². The van der Waals surface area contributed by atoms with Crippen molar-refractivity contribution in [1.29, 1.82) is 0 Å². The SMILES string of the molecule is CC(C)[C@H](NC(=O)[C@H](CCCCN)NC(=O)[C@H](Cc1ccccc1)NC(=O)[C@H](Cc1c[nH]c2ccccc12)NC(=O)[C@H](Cc1ccccc1)NC(=O)[C@@H](N)Cc1ccccc1)C(N)=O. The van der Waals surface area contributed by atoms with Crippen molar-refractivity contribution in [2.45, 2.75) is 95.0 Å². The zero-order chi connectivity index (χ0) is 46.0. The lowest BCUT2D eigenvalue weighted by Crippen LogP contribution is -2.60. The van der Waals surface area contributed by atoms with Crippen molar-refractivity contribution in [2.75, 3.05) is 6.54 Å². The monoisotopic (exact) mass is 871 g/mol. The molecule has 0 bridgehead atoms. The minimum atomic E-state index is -1.25. The van der Waals surface area contributed by atoms with Crippen LogP contribution in [0.15, 0.2) is 121 Å². The fourth-order valence-electron chi connectivity index (χ4n) is 7.49. The largest absolute Gasteiger partial charge is 0.368 e. The second-order valence-electron chi connectivity index (χ2n) is 16.4. The molecule has 0 fully saturated rings. The van der Waals surface area contributed by atoms with Crippen LogP contribution in [-0.2, 0) is 54.5 Å². The van der Waals surface area contributed by atoms with Gasteiger partial charge in [0.2, 0.25) is 35.4 Å². The second kappa shape index (κ2) is 24.1. The number of hydrogen-bond donors (Lipinski definition) is 9. The highest BCUT2D eigenvalue weighted by Crippen LogP contribution is 2.20. The molecule has 0 radical (unpaired) electrons. The number of aromatic nitrogens is 1. The van der Waals surface area contributed by atoms with Crippen molar-refractivity contribution >= 4 is 46.3 Å². The number of carbonyl (C=O) groups excluding carboxylic acids is 6. The molecule has 64 heavy (non-hydrogen) atoms. The van der Waals surface area contributed by atoms with Gasteiger partial charge in [-0.15, -0.1) is 0 Å². The van der Waals surface area contributed by atoms with Crippen molar-refractivity contribution in [3.05, 3.63) is 144 Å². The normalized spacial score (nSPS) is 14.0. The number of para-hydroxylation sites is 1. The standard InChI is InChI=1S/C49H61N9O6/c1-31(2)43(44(52)59)58-46(61)39(24-14-15-25-50)54-47(62)41(28-34-20-10-5-11-21-34)56-49(64)42(29-35-30-53-38-23-13-12-22-36(35)38)57-48(63)40(27-33-18-8-4-9-19-33)55-45(60)37(51)26-32-16-6-3-7-17-32/h3-13,16-23,30-31,37,39-43,53H,14-15,24-29,50-51H2,1-2H3,(H2,52,59)(H,54,62)(H,55,60)(H,56,64)(H,57,63)(H,58,61)/t37-,39-,40-,41-,42-,43-/m0/s1. The molecule has 15 nitrogen and oxygen atoms in total. The third-order valence-electron chi connectivity index (χ3n) is 11.0. The van der Waals surface area contributed by atoms with Gasteiger partial charge in [-0.3, -0.25) is 28.8 Å². The molecule has 0 saturated heterocycles. The van der Waals surface area contributed by atoms with Crippen molar-refractivity contribution in [3.63, 3.8) is 0 Å². The summed E-state index contributed by atoms with van der Waals surface area (Å²) in [4.78, 5) is 86.3. The van der Waals surface area contributed by atoms with Crippen molar-refractivity contribution in [2.24, 2.45) is 23.1 Å². The first-order valence-electron chi connectivity index (χ1n) is 21.8. The van der Waals surface area contributed by atoms with Gasteiger partial charge in [0, 0.05) is 36.4 Å². The number of rotatable bonds is 24. The minimum absolute atomic E-state index is 0.00855. The highest BCUT2D eigenvalue weighted by atomic mass is 16.2. The molecule has 338 valence electrons. The number of hydrogen-bond acceptors (Lipinski definition) is 8. The summed E-state index contributed by atoms with van der Waals surface area (Å²) in [7, 11) is 0. The summed E-state index contributed by atoms with van der Waals surface area (Å²) in [5.74, 6) is -4.16. The number of aromatic amines is 1. The maximum Gasteiger partial charge on any atom is 0.243 e. The topological polar surface area (TPSA) is 256 Å². The Kier molecular flexibility index (Phi) is 18.2. The lowest BCUT2D eigenvalue weighted by Gasteiger charge is -2.28. The molecule has 0 spiro atoms. The highest BCUT2D eigenvalue weighted by Gasteiger charge is 2.34. The van der Waals surface area contributed by atoms with E-state index in [4.69, 9.17) is 17.2 Å². The minimum Gasteiger partial charge on any atom is -0.368 e. The summed E-state index contributed by atoms with van der Waals surface area (Å²) in [5.41, 5.74) is 21.6. The summed E-state index contributed by atoms with van der Waals surface area (Å²) < 4.78 is 0. The van der Waals surface area contributed by atoms with E-state index in [9.17, 15) is 28.8 Å². The fraction of sp³-hybridized carbons (Fsp3) is 0.347. The number of primary amides is 1. The van der Waals surface area contributed by atoms with Gasteiger partial charge >= 0.3 is 0 Å². The molecule has 6 atom stereocenters. The predicted octanol–water partition coefficient (Wildman–Crippen LogP) is 2.46. The van der Waals surface area contributed by atoms with Gasteiger partial charge in [-0.2, -0.15) is 0 Å². The van der Waals surface area contributed by atoms with Crippen LogP contribution in [0.2, 0.25) is 0 Å². The number of unbranched alkanes of at least 4 members (excludes halogenated alkanes) is 1. The summed E-state index contributed by atoms with van der Waals surface area (Å²) in [5, 5.41) is 15.0. The van der Waals surface area contributed by atoms with E-state index in [0.29, 0.717) is 19.4 Å². The molecule has 4 aromatic carbocycles. The summed E-state index contributed by atoms with van der Waals surface area (Å²) in [6.45, 7) is 3.85. The molecule has 0 saturated carbocycles. The predicted molar refractivity (Wildman–Crippen MR) is 247 cm³/mol. The average molecular weight is 872 g/mol. The van der Waals surface area contributed by atoms with Gasteiger partial charge in [0.05, 0.1) is 6.04 Å². The van der Waals surface area contributed by atoms with Gasteiger partial charge < -0.3 is 48.8 Å². The Balaban J connectivity index is 1.45. The van der Waals surface area contributed by atoms with E-state index in [0.717, 1.165) is 33.2 Å². The smallest absolute Gasteiger partial charge is 0.243 e. The Labute approximate surface area is 374 Å². The van der Waals surface area contributed by atoms with Gasteiger partial charge in [-0.1, -0.05) is 123 Å². The molecule has 0 aliphatic heterocycles. The van der Waals surface area contributed by atoms with E-state index in [1.165, 1.54) is 0 Å². The number of fused-ring (bicyclic) bond motifs is 1. The van der Waals surface area contributed by atoms with Gasteiger partial charge in [0.1, 0.15) is 30.2 Å². The van der Waals surface area contributed by atoms with Crippen LogP contribution >= 0.6 is 0 Å². The average Bonchev–Trinajstić information content (AvgIpc) is 3.70. The van der Waals surface area contributed by atoms with Gasteiger partial charge in [0.25, 0.3) is 0 Å². The number of H-pyrrole nitrogens is 1. The summed E-state index contributed by atoms with van der Waals surface area (Å²) in [6, 6.07) is 28.4. The van der Waals surface area contributed by atoms with Gasteiger partial charge in [0.15, 0.2) is 0 Å². The van der Waals surface area contributed by atoms with Crippen molar-refractivity contribution < 1.29 is 28.8 Å². The Hall–Kier alpha value is -6.84. The number of nitrogens with two attached hydrogens (primary N) is 3. The fourth-order valence-corrected chi connectivity index (χ4v) is 7.49. The van der Waals surface area contributed by atoms with Crippen LogP contribution < -0.4 is 43.8 Å². The molecule has 1 aromatic heterocycles. The number of nitrogens with one attached hydrogen (secondary N) is 6.